The van der Waals surface area contributed by atoms with Gasteiger partial charge in [-0.25, -0.2) is 0 Å². The minimum absolute atomic E-state index is 0.326. The predicted octanol–water partition coefficient (Wildman–Crippen LogP) is 3.11. The van der Waals surface area contributed by atoms with E-state index in [9.17, 15) is 4.79 Å². The molecule has 0 saturated carbocycles. The Morgan fingerprint density at radius 1 is 1.04 bits per heavy atom. The molecular weight excluding hydrogens is 310 g/mol. The molecular formula is C21H25N3O. The van der Waals surface area contributed by atoms with E-state index in [4.69, 9.17) is 0 Å². The molecule has 0 spiro atoms. The minimum Gasteiger partial charge on any atom is -0.384 e. The van der Waals surface area contributed by atoms with Crippen molar-refractivity contribution >= 4 is 17.7 Å². The number of anilines is 2. The van der Waals surface area contributed by atoms with Gasteiger partial charge in [-0.3, -0.25) is 4.90 Å². The molecule has 130 valence electrons. The van der Waals surface area contributed by atoms with Crippen LogP contribution in [0.2, 0.25) is 0 Å². The lowest BCUT2D eigenvalue weighted by Gasteiger charge is -2.36. The predicted molar refractivity (Wildman–Crippen MR) is 102 cm³/mol. The normalized spacial score (nSPS) is 20.2. The van der Waals surface area contributed by atoms with Gasteiger partial charge >= 0.3 is 0 Å². The van der Waals surface area contributed by atoms with Crippen LogP contribution in [0, 0.1) is 0 Å². The summed E-state index contributed by atoms with van der Waals surface area (Å²) >= 11 is 0. The zero-order valence-corrected chi connectivity index (χ0v) is 14.5. The van der Waals surface area contributed by atoms with Gasteiger partial charge in [0, 0.05) is 63.0 Å². The third-order valence-corrected chi connectivity index (χ3v) is 5.38. The molecule has 1 fully saturated rings. The van der Waals surface area contributed by atoms with E-state index < -0.39 is 0 Å². The highest BCUT2D eigenvalue weighted by Crippen LogP contribution is 2.36. The second-order valence-corrected chi connectivity index (χ2v) is 7.00. The zero-order chi connectivity index (χ0) is 17.1. The molecule has 4 rings (SSSR count). The lowest BCUT2D eigenvalue weighted by atomic mass is 9.98. The number of hydrogen-bond acceptors (Lipinski definition) is 4. The van der Waals surface area contributed by atoms with E-state index in [2.05, 4.69) is 63.6 Å². The lowest BCUT2D eigenvalue weighted by Crippen LogP contribution is -2.46. The van der Waals surface area contributed by atoms with Crippen LogP contribution in [0.4, 0.5) is 11.4 Å². The number of carbonyl (C=O) groups is 1. The van der Waals surface area contributed by atoms with Gasteiger partial charge < -0.3 is 15.0 Å². The quantitative estimate of drug-likeness (QED) is 0.852. The summed E-state index contributed by atoms with van der Waals surface area (Å²) in [6.45, 7) is 6.19. The Labute approximate surface area is 149 Å². The molecule has 0 radical (unpaired) electrons. The fourth-order valence-electron chi connectivity index (χ4n) is 3.92. The van der Waals surface area contributed by atoms with E-state index in [-0.39, 0.29) is 0 Å². The van der Waals surface area contributed by atoms with Gasteiger partial charge in [-0.2, -0.15) is 0 Å². The third kappa shape index (κ3) is 3.54. The fraction of sp³-hybridized carbons (Fsp3) is 0.381. The van der Waals surface area contributed by atoms with E-state index >= 15 is 0 Å². The molecule has 25 heavy (non-hydrogen) atoms. The van der Waals surface area contributed by atoms with E-state index in [1.54, 1.807) is 0 Å². The van der Waals surface area contributed by atoms with Crippen molar-refractivity contribution in [1.29, 1.82) is 0 Å². The molecule has 2 aromatic rings. The Balaban J connectivity index is 1.39. The van der Waals surface area contributed by atoms with Crippen LogP contribution in [0.15, 0.2) is 48.5 Å². The molecule has 4 nitrogen and oxygen atoms in total. The zero-order valence-electron chi connectivity index (χ0n) is 14.5. The van der Waals surface area contributed by atoms with Crippen molar-refractivity contribution in [2.24, 2.45) is 0 Å². The van der Waals surface area contributed by atoms with E-state index in [0.29, 0.717) is 12.3 Å². The summed E-state index contributed by atoms with van der Waals surface area (Å²) in [7, 11) is 0. The van der Waals surface area contributed by atoms with Crippen molar-refractivity contribution in [3.05, 3.63) is 59.7 Å². The van der Waals surface area contributed by atoms with E-state index in [0.717, 1.165) is 45.6 Å². The number of carbonyl (C=O) groups excluding carboxylic acids is 1. The number of aldehydes is 1. The maximum atomic E-state index is 10.9. The summed E-state index contributed by atoms with van der Waals surface area (Å²) in [6, 6.07) is 17.4. The summed E-state index contributed by atoms with van der Waals surface area (Å²) in [4.78, 5) is 15.9. The molecule has 0 aliphatic carbocycles. The maximum absolute atomic E-state index is 10.9. The SMILES string of the molecule is O=CCC1CNc2ccc(N3CCN(Cc4ccccc4)CC3)cc21. The Kier molecular flexibility index (Phi) is 4.70. The number of hydrogen-bond donors (Lipinski definition) is 1. The topological polar surface area (TPSA) is 35.6 Å². The number of benzene rings is 2. The molecule has 0 aromatic heterocycles. The number of fused-ring (bicyclic) bond motifs is 1. The van der Waals surface area contributed by atoms with E-state index in [1.807, 2.05) is 0 Å². The van der Waals surface area contributed by atoms with Crippen molar-refractivity contribution in [2.75, 3.05) is 42.9 Å². The summed E-state index contributed by atoms with van der Waals surface area (Å²) in [5.74, 6) is 0.326. The van der Waals surface area contributed by atoms with Gasteiger partial charge in [-0.15, -0.1) is 0 Å². The van der Waals surface area contributed by atoms with Crippen LogP contribution in [-0.4, -0.2) is 43.9 Å². The first-order valence-electron chi connectivity index (χ1n) is 9.16. The van der Waals surface area contributed by atoms with Gasteiger partial charge in [0.15, 0.2) is 0 Å². The molecule has 4 heteroatoms. The average Bonchev–Trinajstić information content (AvgIpc) is 3.06. The molecule has 1 saturated heterocycles. The minimum atomic E-state index is 0.326. The van der Waals surface area contributed by atoms with Crippen LogP contribution in [0.25, 0.3) is 0 Å². The molecule has 2 aliphatic heterocycles. The number of nitrogens with zero attached hydrogens (tertiary/aromatic N) is 2. The van der Waals surface area contributed by atoms with Crippen LogP contribution >= 0.6 is 0 Å². The second kappa shape index (κ2) is 7.28. The Morgan fingerprint density at radius 3 is 2.60 bits per heavy atom. The van der Waals surface area contributed by atoms with Gasteiger partial charge in [0.1, 0.15) is 6.29 Å². The monoisotopic (exact) mass is 335 g/mol. The van der Waals surface area contributed by atoms with Crippen LogP contribution in [0.1, 0.15) is 23.5 Å². The smallest absolute Gasteiger partial charge is 0.120 e. The lowest BCUT2D eigenvalue weighted by molar-refractivity contribution is -0.108. The van der Waals surface area contributed by atoms with Crippen LogP contribution in [0.3, 0.4) is 0 Å². The standard InChI is InChI=1S/C21H25N3O/c25-13-8-18-15-22-21-7-6-19(14-20(18)21)24-11-9-23(10-12-24)16-17-4-2-1-3-5-17/h1-7,13-14,18,22H,8-12,15-16H2. The molecule has 2 aromatic carbocycles. The highest BCUT2D eigenvalue weighted by atomic mass is 16.1. The van der Waals surface area contributed by atoms with Gasteiger partial charge in [-0.05, 0) is 29.3 Å². The second-order valence-electron chi connectivity index (χ2n) is 7.00. The van der Waals surface area contributed by atoms with Gasteiger partial charge in [0.05, 0.1) is 0 Å². The first-order valence-corrected chi connectivity index (χ1v) is 9.16. The highest BCUT2D eigenvalue weighted by Gasteiger charge is 2.24. The van der Waals surface area contributed by atoms with Crippen molar-refractivity contribution < 1.29 is 4.79 Å². The Morgan fingerprint density at radius 2 is 1.84 bits per heavy atom. The Bertz CT molecular complexity index is 723. The largest absolute Gasteiger partial charge is 0.384 e. The maximum Gasteiger partial charge on any atom is 0.120 e. The summed E-state index contributed by atoms with van der Waals surface area (Å²) < 4.78 is 0. The van der Waals surface area contributed by atoms with Crippen molar-refractivity contribution in [1.82, 2.24) is 4.90 Å². The summed E-state index contributed by atoms with van der Waals surface area (Å²) in [6.07, 6.45) is 1.64. The number of piperazine rings is 1. The van der Waals surface area contributed by atoms with Crippen LogP contribution in [-0.2, 0) is 11.3 Å². The fourth-order valence-corrected chi connectivity index (χ4v) is 3.92. The van der Waals surface area contributed by atoms with Crippen molar-refractivity contribution in [3.8, 4) is 0 Å². The average molecular weight is 335 g/mol. The first-order chi connectivity index (χ1) is 12.3. The molecule has 1 N–H and O–H groups in total. The van der Waals surface area contributed by atoms with Crippen molar-refractivity contribution in [2.45, 2.75) is 18.9 Å². The summed E-state index contributed by atoms with van der Waals surface area (Å²) in [5.41, 5.74) is 5.17. The van der Waals surface area contributed by atoms with Gasteiger partial charge in [0.25, 0.3) is 0 Å². The highest BCUT2D eigenvalue weighted by molar-refractivity contribution is 5.67. The molecule has 0 amide bonds. The molecule has 1 atom stereocenters. The Hall–Kier alpha value is -2.33. The van der Waals surface area contributed by atoms with Gasteiger partial charge in [0.2, 0.25) is 0 Å². The molecule has 1 unspecified atom stereocenters. The van der Waals surface area contributed by atoms with Gasteiger partial charge in [-0.1, -0.05) is 30.3 Å². The summed E-state index contributed by atoms with van der Waals surface area (Å²) in [5, 5.41) is 3.41. The number of nitrogens with one attached hydrogen (secondary N) is 1. The molecule has 0 bridgehead atoms. The molecule has 2 heterocycles. The number of rotatable bonds is 5. The van der Waals surface area contributed by atoms with Crippen molar-refractivity contribution in [3.63, 3.8) is 0 Å². The third-order valence-electron chi connectivity index (χ3n) is 5.38. The van der Waals surface area contributed by atoms with Crippen LogP contribution < -0.4 is 10.2 Å². The van der Waals surface area contributed by atoms with Crippen LogP contribution in [0.5, 0.6) is 0 Å². The molecule has 2 aliphatic rings. The first kappa shape index (κ1) is 16.2. The van der Waals surface area contributed by atoms with E-state index in [1.165, 1.54) is 22.5 Å².